The fourth-order valence-electron chi connectivity index (χ4n) is 2.71. The molecule has 1 atom stereocenters. The zero-order valence-electron chi connectivity index (χ0n) is 14.0. The molecule has 2 fully saturated rings. The highest BCUT2D eigenvalue weighted by Crippen LogP contribution is 2.31. The van der Waals surface area contributed by atoms with Gasteiger partial charge in [-0.2, -0.15) is 0 Å². The van der Waals surface area contributed by atoms with E-state index < -0.39 is 27.9 Å². The summed E-state index contributed by atoms with van der Waals surface area (Å²) >= 11 is 0. The number of hydrogen-bond acceptors (Lipinski definition) is 4. The highest BCUT2D eigenvalue weighted by atomic mass is 32.2. The lowest BCUT2D eigenvalue weighted by Crippen LogP contribution is -2.44. The van der Waals surface area contributed by atoms with E-state index in [4.69, 9.17) is 0 Å². The molecule has 0 radical (unpaired) electrons. The molecule has 136 valence electrons. The maximum absolute atomic E-state index is 12.8. The van der Waals surface area contributed by atoms with Crippen LogP contribution >= 0.6 is 0 Å². The lowest BCUT2D eigenvalue weighted by atomic mass is 10.1. The first-order chi connectivity index (χ1) is 11.8. The Kier molecular flexibility index (Phi) is 4.83. The van der Waals surface area contributed by atoms with Crippen LogP contribution < -0.4 is 4.72 Å². The second-order valence-electron chi connectivity index (χ2n) is 6.78. The van der Waals surface area contributed by atoms with Gasteiger partial charge in [0.05, 0.1) is 4.90 Å². The molecule has 0 heterocycles. The molecule has 1 aromatic carbocycles. The average molecular weight is 366 g/mol. The van der Waals surface area contributed by atoms with E-state index >= 15 is 0 Å². The van der Waals surface area contributed by atoms with Gasteiger partial charge in [-0.1, -0.05) is 6.07 Å². The Labute approximate surface area is 147 Å². The number of carboxylic acids is 1. The number of hydrogen-bond donors (Lipinski definition) is 2. The summed E-state index contributed by atoms with van der Waals surface area (Å²) in [5.74, 6) is -1.12. The number of aliphatic carboxylic acids is 1. The zero-order valence-corrected chi connectivity index (χ0v) is 14.8. The van der Waals surface area contributed by atoms with E-state index in [-0.39, 0.29) is 16.5 Å². The van der Waals surface area contributed by atoms with Crippen molar-refractivity contribution in [3.63, 3.8) is 0 Å². The zero-order chi connectivity index (χ0) is 18.2. The molecule has 0 spiro atoms. The van der Waals surface area contributed by atoms with Crippen LogP contribution in [0.25, 0.3) is 0 Å². The topological polar surface area (TPSA) is 104 Å². The molecule has 8 heteroatoms. The van der Waals surface area contributed by atoms with Crippen molar-refractivity contribution in [2.75, 3.05) is 6.54 Å². The normalized spacial score (nSPS) is 18.6. The average Bonchev–Trinajstić information content (AvgIpc) is 3.46. The Balaban J connectivity index is 1.81. The number of nitrogens with zero attached hydrogens (tertiary/aromatic N) is 1. The van der Waals surface area contributed by atoms with Gasteiger partial charge in [-0.15, -0.1) is 0 Å². The first kappa shape index (κ1) is 17.9. The van der Waals surface area contributed by atoms with Gasteiger partial charge in [-0.3, -0.25) is 4.79 Å². The van der Waals surface area contributed by atoms with Crippen molar-refractivity contribution >= 4 is 21.9 Å². The number of carbonyl (C=O) groups excluding carboxylic acids is 1. The third-order valence-corrected chi connectivity index (χ3v) is 6.02. The number of rotatable bonds is 8. The molecule has 1 amide bonds. The molecule has 0 aromatic heterocycles. The Hall–Kier alpha value is -1.93. The molecule has 0 saturated heterocycles. The van der Waals surface area contributed by atoms with Crippen LogP contribution in [0.4, 0.5) is 0 Å². The van der Waals surface area contributed by atoms with Crippen LogP contribution in [0.2, 0.25) is 0 Å². The van der Waals surface area contributed by atoms with E-state index in [0.717, 1.165) is 25.7 Å². The second-order valence-corrected chi connectivity index (χ2v) is 8.55. The van der Waals surface area contributed by atoms with Crippen molar-refractivity contribution in [1.29, 1.82) is 0 Å². The summed E-state index contributed by atoms with van der Waals surface area (Å²) < 4.78 is 27.3. The molecule has 0 bridgehead atoms. The van der Waals surface area contributed by atoms with Crippen molar-refractivity contribution in [2.24, 2.45) is 5.92 Å². The van der Waals surface area contributed by atoms with Crippen LogP contribution in [0, 0.1) is 5.92 Å². The van der Waals surface area contributed by atoms with Gasteiger partial charge in [-0.05, 0) is 56.7 Å². The maximum atomic E-state index is 12.8. The molecule has 2 saturated carbocycles. The van der Waals surface area contributed by atoms with Gasteiger partial charge >= 0.3 is 5.97 Å². The molecule has 25 heavy (non-hydrogen) atoms. The minimum Gasteiger partial charge on any atom is -0.480 e. The SMILES string of the molecule is CC(C(=O)O)N(C(=O)c1cccc(S(=O)(=O)NCC2CC2)c1)C1CC1. The molecule has 1 aromatic rings. The highest BCUT2D eigenvalue weighted by molar-refractivity contribution is 7.89. The quantitative estimate of drug-likeness (QED) is 0.725. The number of benzene rings is 1. The Bertz CT molecular complexity index is 784. The van der Waals surface area contributed by atoms with Gasteiger partial charge in [0, 0.05) is 18.2 Å². The van der Waals surface area contributed by atoms with Crippen LogP contribution in [0.1, 0.15) is 43.0 Å². The number of carboxylic acid groups (broad SMARTS) is 1. The molecule has 1 unspecified atom stereocenters. The molecular formula is C17H22N2O5S. The third kappa shape index (κ3) is 4.19. The molecule has 0 aliphatic heterocycles. The van der Waals surface area contributed by atoms with E-state index in [2.05, 4.69) is 4.72 Å². The van der Waals surface area contributed by atoms with Crippen molar-refractivity contribution in [3.8, 4) is 0 Å². The van der Waals surface area contributed by atoms with Gasteiger partial charge in [-0.25, -0.2) is 17.9 Å². The number of sulfonamides is 1. The summed E-state index contributed by atoms with van der Waals surface area (Å²) in [6.07, 6.45) is 3.60. The molecule has 2 N–H and O–H groups in total. The van der Waals surface area contributed by atoms with Crippen molar-refractivity contribution < 1.29 is 23.1 Å². The predicted molar refractivity (Wildman–Crippen MR) is 90.6 cm³/mol. The van der Waals surface area contributed by atoms with Gasteiger partial charge in [0.25, 0.3) is 5.91 Å². The summed E-state index contributed by atoms with van der Waals surface area (Å²) in [4.78, 5) is 25.4. The third-order valence-electron chi connectivity index (χ3n) is 4.60. The largest absolute Gasteiger partial charge is 0.480 e. The van der Waals surface area contributed by atoms with Crippen LogP contribution in [0.3, 0.4) is 0 Å². The van der Waals surface area contributed by atoms with Gasteiger partial charge < -0.3 is 10.0 Å². The number of nitrogens with one attached hydrogen (secondary N) is 1. The van der Waals surface area contributed by atoms with Crippen molar-refractivity contribution in [1.82, 2.24) is 9.62 Å². The van der Waals surface area contributed by atoms with Crippen LogP contribution in [-0.4, -0.2) is 48.9 Å². The molecule has 2 aliphatic rings. The number of carbonyl (C=O) groups is 2. The van der Waals surface area contributed by atoms with Gasteiger partial charge in [0.2, 0.25) is 10.0 Å². The molecular weight excluding hydrogens is 344 g/mol. The fraction of sp³-hybridized carbons (Fsp3) is 0.529. The smallest absolute Gasteiger partial charge is 0.326 e. The highest BCUT2D eigenvalue weighted by Gasteiger charge is 2.39. The Morgan fingerprint density at radius 3 is 2.52 bits per heavy atom. The molecule has 7 nitrogen and oxygen atoms in total. The standard InChI is InChI=1S/C17H22N2O5S/c1-11(17(21)22)19(14-7-8-14)16(20)13-3-2-4-15(9-13)25(23,24)18-10-12-5-6-12/h2-4,9,11-12,14,18H,5-8,10H2,1H3,(H,21,22). The summed E-state index contributed by atoms with van der Waals surface area (Å²) in [5, 5.41) is 9.24. The first-order valence-electron chi connectivity index (χ1n) is 8.45. The van der Waals surface area contributed by atoms with Gasteiger partial charge in [0.15, 0.2) is 0 Å². The minimum absolute atomic E-state index is 0.0257. The lowest BCUT2D eigenvalue weighted by Gasteiger charge is -2.26. The fourth-order valence-corrected chi connectivity index (χ4v) is 3.87. The van der Waals surface area contributed by atoms with E-state index in [1.807, 2.05) is 0 Å². The number of amides is 1. The summed E-state index contributed by atoms with van der Waals surface area (Å²) in [6.45, 7) is 1.88. The van der Waals surface area contributed by atoms with Crippen LogP contribution in [-0.2, 0) is 14.8 Å². The summed E-state index contributed by atoms with van der Waals surface area (Å²) in [7, 11) is -3.68. The van der Waals surface area contributed by atoms with E-state index in [0.29, 0.717) is 12.5 Å². The maximum Gasteiger partial charge on any atom is 0.326 e. The van der Waals surface area contributed by atoms with Crippen LogP contribution in [0.15, 0.2) is 29.2 Å². The minimum atomic E-state index is -3.68. The van der Waals surface area contributed by atoms with Crippen LogP contribution in [0.5, 0.6) is 0 Å². The summed E-state index contributed by atoms with van der Waals surface area (Å²) in [5.41, 5.74) is 0.189. The Morgan fingerprint density at radius 1 is 1.28 bits per heavy atom. The van der Waals surface area contributed by atoms with E-state index in [1.165, 1.54) is 36.1 Å². The molecule has 2 aliphatic carbocycles. The second kappa shape index (κ2) is 6.76. The monoisotopic (exact) mass is 366 g/mol. The van der Waals surface area contributed by atoms with Gasteiger partial charge in [0.1, 0.15) is 6.04 Å². The van der Waals surface area contributed by atoms with Crippen molar-refractivity contribution in [3.05, 3.63) is 29.8 Å². The van der Waals surface area contributed by atoms with E-state index in [9.17, 15) is 23.1 Å². The summed E-state index contributed by atoms with van der Waals surface area (Å²) in [6, 6.07) is 4.75. The molecule has 3 rings (SSSR count). The lowest BCUT2D eigenvalue weighted by molar-refractivity contribution is -0.141. The predicted octanol–water partition coefficient (Wildman–Crippen LogP) is 1.45. The first-order valence-corrected chi connectivity index (χ1v) is 9.93. The van der Waals surface area contributed by atoms with E-state index in [1.54, 1.807) is 0 Å². The van der Waals surface area contributed by atoms with Crippen molar-refractivity contribution in [2.45, 2.75) is 49.6 Å². The Morgan fingerprint density at radius 2 is 1.96 bits per heavy atom.